The third-order valence-electron chi connectivity index (χ3n) is 3.69. The van der Waals surface area contributed by atoms with Crippen LogP contribution in [-0.4, -0.2) is 13.2 Å². The van der Waals surface area contributed by atoms with Crippen molar-refractivity contribution in [2.75, 3.05) is 12.4 Å². The van der Waals surface area contributed by atoms with Gasteiger partial charge in [0, 0.05) is 12.1 Å². The second kappa shape index (κ2) is 5.39. The van der Waals surface area contributed by atoms with Crippen LogP contribution in [0.4, 0.5) is 10.1 Å². The van der Waals surface area contributed by atoms with E-state index in [2.05, 4.69) is 12.2 Å². The molecule has 0 heterocycles. The van der Waals surface area contributed by atoms with Gasteiger partial charge in [-0.2, -0.15) is 0 Å². The molecule has 17 heavy (non-hydrogen) atoms. The van der Waals surface area contributed by atoms with Crippen LogP contribution < -0.4 is 10.1 Å². The molecule has 0 spiro atoms. The molecule has 94 valence electrons. The average molecular weight is 237 g/mol. The van der Waals surface area contributed by atoms with Gasteiger partial charge >= 0.3 is 0 Å². The summed E-state index contributed by atoms with van der Waals surface area (Å²) in [5.74, 6) is 1.06. The number of anilines is 1. The van der Waals surface area contributed by atoms with Crippen LogP contribution in [0.3, 0.4) is 0 Å². The summed E-state index contributed by atoms with van der Waals surface area (Å²) < 4.78 is 18.3. The predicted molar refractivity (Wildman–Crippen MR) is 68.0 cm³/mol. The van der Waals surface area contributed by atoms with Crippen LogP contribution in [0, 0.1) is 11.7 Å². The number of ether oxygens (including phenoxy) is 1. The van der Waals surface area contributed by atoms with Gasteiger partial charge in [-0.15, -0.1) is 0 Å². The number of rotatable bonds is 4. The van der Waals surface area contributed by atoms with Gasteiger partial charge in [0.25, 0.3) is 0 Å². The maximum absolute atomic E-state index is 13.1. The van der Waals surface area contributed by atoms with E-state index in [0.29, 0.717) is 11.8 Å². The quantitative estimate of drug-likeness (QED) is 0.859. The molecular weight excluding hydrogens is 217 g/mol. The molecule has 1 aromatic carbocycles. The van der Waals surface area contributed by atoms with Crippen LogP contribution in [0.2, 0.25) is 0 Å². The Morgan fingerprint density at radius 3 is 2.94 bits per heavy atom. The van der Waals surface area contributed by atoms with Crippen molar-refractivity contribution in [3.05, 3.63) is 24.0 Å². The van der Waals surface area contributed by atoms with Gasteiger partial charge in [-0.3, -0.25) is 0 Å². The summed E-state index contributed by atoms with van der Waals surface area (Å²) in [5.41, 5.74) is 0.902. The Morgan fingerprint density at radius 1 is 1.41 bits per heavy atom. The van der Waals surface area contributed by atoms with Gasteiger partial charge in [-0.1, -0.05) is 19.8 Å². The Bertz CT molecular complexity index is 380. The van der Waals surface area contributed by atoms with E-state index < -0.39 is 0 Å². The molecule has 0 radical (unpaired) electrons. The molecule has 2 unspecified atom stereocenters. The Balaban J connectivity index is 2.12. The minimum atomic E-state index is -0.258. The van der Waals surface area contributed by atoms with E-state index in [-0.39, 0.29) is 5.82 Å². The summed E-state index contributed by atoms with van der Waals surface area (Å²) >= 11 is 0. The molecule has 1 fully saturated rings. The monoisotopic (exact) mass is 237 g/mol. The van der Waals surface area contributed by atoms with Crippen LogP contribution in [0.1, 0.15) is 32.6 Å². The fourth-order valence-electron chi connectivity index (χ4n) is 2.70. The number of benzene rings is 1. The van der Waals surface area contributed by atoms with Crippen molar-refractivity contribution in [3.63, 3.8) is 0 Å². The molecular formula is C14H20FNO. The minimum Gasteiger partial charge on any atom is -0.494 e. The van der Waals surface area contributed by atoms with Crippen molar-refractivity contribution in [2.45, 2.75) is 38.6 Å². The zero-order valence-electron chi connectivity index (χ0n) is 10.5. The van der Waals surface area contributed by atoms with E-state index in [9.17, 15) is 4.39 Å². The van der Waals surface area contributed by atoms with Crippen LogP contribution >= 0.6 is 0 Å². The average Bonchev–Trinajstić information content (AvgIpc) is 2.78. The van der Waals surface area contributed by atoms with Crippen molar-refractivity contribution >= 4 is 5.69 Å². The molecule has 0 amide bonds. The minimum absolute atomic E-state index is 0.258. The van der Waals surface area contributed by atoms with Crippen LogP contribution in [0.5, 0.6) is 5.75 Å². The molecule has 3 heteroatoms. The molecule has 0 aliphatic heterocycles. The first kappa shape index (κ1) is 12.2. The molecule has 1 aliphatic rings. The van der Waals surface area contributed by atoms with Gasteiger partial charge in [0.1, 0.15) is 11.6 Å². The van der Waals surface area contributed by atoms with E-state index in [0.717, 1.165) is 11.6 Å². The summed E-state index contributed by atoms with van der Waals surface area (Å²) in [6.07, 6.45) is 4.96. The van der Waals surface area contributed by atoms with Gasteiger partial charge in [0.15, 0.2) is 0 Å². The lowest BCUT2D eigenvalue weighted by Crippen LogP contribution is -2.23. The number of hydrogen-bond acceptors (Lipinski definition) is 2. The molecule has 2 atom stereocenters. The molecule has 2 nitrogen and oxygen atoms in total. The van der Waals surface area contributed by atoms with Gasteiger partial charge in [0.2, 0.25) is 0 Å². The van der Waals surface area contributed by atoms with Crippen molar-refractivity contribution in [1.29, 1.82) is 0 Å². The zero-order valence-corrected chi connectivity index (χ0v) is 10.5. The molecule has 1 N–H and O–H groups in total. The predicted octanol–water partition coefficient (Wildman–Crippen LogP) is 3.82. The maximum Gasteiger partial charge on any atom is 0.144 e. The van der Waals surface area contributed by atoms with Crippen LogP contribution in [0.15, 0.2) is 18.2 Å². The van der Waals surface area contributed by atoms with Crippen molar-refractivity contribution in [3.8, 4) is 5.75 Å². The lowest BCUT2D eigenvalue weighted by molar-refractivity contribution is 0.411. The molecule has 1 aromatic rings. The van der Waals surface area contributed by atoms with Crippen molar-refractivity contribution in [1.82, 2.24) is 0 Å². The normalized spacial score (nSPS) is 23.7. The largest absolute Gasteiger partial charge is 0.494 e. The number of nitrogens with one attached hydrogen (secondary N) is 1. The van der Waals surface area contributed by atoms with Crippen molar-refractivity contribution in [2.24, 2.45) is 5.92 Å². The summed E-state index contributed by atoms with van der Waals surface area (Å²) in [5, 5.41) is 3.50. The summed E-state index contributed by atoms with van der Waals surface area (Å²) in [6, 6.07) is 5.16. The lowest BCUT2D eigenvalue weighted by Gasteiger charge is -2.22. The SMILES string of the molecule is CCC1CCCC1Nc1ccc(F)cc1OC. The van der Waals surface area contributed by atoms with E-state index in [1.165, 1.54) is 37.8 Å². The Hall–Kier alpha value is -1.25. The van der Waals surface area contributed by atoms with Crippen LogP contribution in [-0.2, 0) is 0 Å². The maximum atomic E-state index is 13.1. The Morgan fingerprint density at radius 2 is 2.24 bits per heavy atom. The fraction of sp³-hybridized carbons (Fsp3) is 0.571. The Kier molecular flexibility index (Phi) is 3.87. The topological polar surface area (TPSA) is 21.3 Å². The fourth-order valence-corrected chi connectivity index (χ4v) is 2.70. The molecule has 1 saturated carbocycles. The number of hydrogen-bond donors (Lipinski definition) is 1. The molecule has 0 aromatic heterocycles. The van der Waals surface area contributed by atoms with Gasteiger partial charge in [0.05, 0.1) is 12.8 Å². The smallest absolute Gasteiger partial charge is 0.144 e. The third kappa shape index (κ3) is 2.71. The highest BCUT2D eigenvalue weighted by atomic mass is 19.1. The first-order valence-electron chi connectivity index (χ1n) is 6.34. The van der Waals surface area contributed by atoms with Gasteiger partial charge < -0.3 is 10.1 Å². The first-order chi connectivity index (χ1) is 8.24. The second-order valence-electron chi connectivity index (χ2n) is 4.69. The van der Waals surface area contributed by atoms with E-state index in [4.69, 9.17) is 4.74 Å². The highest BCUT2D eigenvalue weighted by molar-refractivity contribution is 5.57. The highest BCUT2D eigenvalue weighted by Crippen LogP contribution is 2.33. The third-order valence-corrected chi connectivity index (χ3v) is 3.69. The van der Waals surface area contributed by atoms with E-state index in [1.54, 1.807) is 13.2 Å². The number of halogens is 1. The van der Waals surface area contributed by atoms with E-state index >= 15 is 0 Å². The summed E-state index contributed by atoms with van der Waals surface area (Å²) in [7, 11) is 1.58. The highest BCUT2D eigenvalue weighted by Gasteiger charge is 2.26. The first-order valence-corrected chi connectivity index (χ1v) is 6.34. The number of methoxy groups -OCH3 is 1. The second-order valence-corrected chi connectivity index (χ2v) is 4.69. The molecule has 0 bridgehead atoms. The van der Waals surface area contributed by atoms with Gasteiger partial charge in [-0.05, 0) is 30.9 Å². The Labute approximate surface area is 102 Å². The lowest BCUT2D eigenvalue weighted by atomic mass is 10.0. The molecule has 1 aliphatic carbocycles. The summed E-state index contributed by atoms with van der Waals surface area (Å²) in [4.78, 5) is 0. The van der Waals surface area contributed by atoms with Gasteiger partial charge in [-0.25, -0.2) is 4.39 Å². The zero-order chi connectivity index (χ0) is 12.3. The van der Waals surface area contributed by atoms with E-state index in [1.807, 2.05) is 0 Å². The standard InChI is InChI=1S/C14H20FNO/c1-3-10-5-4-6-12(10)16-13-8-7-11(15)9-14(13)17-2/h7-10,12,16H,3-6H2,1-2H3. The van der Waals surface area contributed by atoms with Crippen LogP contribution in [0.25, 0.3) is 0 Å². The van der Waals surface area contributed by atoms with Crippen molar-refractivity contribution < 1.29 is 9.13 Å². The molecule has 0 saturated heterocycles. The molecule has 2 rings (SSSR count). The summed E-state index contributed by atoms with van der Waals surface area (Å²) in [6.45, 7) is 2.23.